The number of fused-ring (bicyclic) bond motifs is 3. The SMILES string of the molecule is CCCNC1CCCc2[nH]c3c(C)cc(Br)cc3c21. The highest BCUT2D eigenvalue weighted by molar-refractivity contribution is 9.10. The summed E-state index contributed by atoms with van der Waals surface area (Å²) in [4.78, 5) is 3.66. The molecule has 0 fully saturated rings. The highest BCUT2D eigenvalue weighted by Gasteiger charge is 2.24. The Morgan fingerprint density at radius 3 is 3.05 bits per heavy atom. The molecule has 1 aromatic heterocycles. The molecule has 1 heterocycles. The molecule has 0 bridgehead atoms. The highest BCUT2D eigenvalue weighted by atomic mass is 79.9. The molecule has 2 aromatic rings. The van der Waals surface area contributed by atoms with Crippen molar-refractivity contribution in [3.63, 3.8) is 0 Å². The van der Waals surface area contributed by atoms with Crippen molar-refractivity contribution in [2.24, 2.45) is 0 Å². The van der Waals surface area contributed by atoms with E-state index < -0.39 is 0 Å². The van der Waals surface area contributed by atoms with Gasteiger partial charge in [0, 0.05) is 27.1 Å². The van der Waals surface area contributed by atoms with Crippen molar-refractivity contribution in [2.45, 2.75) is 45.6 Å². The quantitative estimate of drug-likeness (QED) is 0.848. The summed E-state index contributed by atoms with van der Waals surface area (Å²) < 4.78 is 1.18. The van der Waals surface area contributed by atoms with E-state index in [-0.39, 0.29) is 0 Å². The molecule has 0 spiro atoms. The third-order valence-corrected chi connectivity index (χ3v) is 4.56. The van der Waals surface area contributed by atoms with Crippen molar-refractivity contribution < 1.29 is 0 Å². The second kappa shape index (κ2) is 5.29. The molecule has 1 unspecified atom stereocenters. The number of halogens is 1. The number of hydrogen-bond donors (Lipinski definition) is 2. The summed E-state index contributed by atoms with van der Waals surface area (Å²) in [7, 11) is 0. The van der Waals surface area contributed by atoms with Crippen LogP contribution in [0.5, 0.6) is 0 Å². The summed E-state index contributed by atoms with van der Waals surface area (Å²) in [5.41, 5.74) is 5.60. The van der Waals surface area contributed by atoms with Gasteiger partial charge in [-0.3, -0.25) is 0 Å². The number of benzene rings is 1. The molecule has 102 valence electrons. The maximum atomic E-state index is 3.71. The van der Waals surface area contributed by atoms with Crippen LogP contribution in [0.3, 0.4) is 0 Å². The van der Waals surface area contributed by atoms with Gasteiger partial charge in [0.15, 0.2) is 0 Å². The Balaban J connectivity index is 2.13. The van der Waals surface area contributed by atoms with Crippen molar-refractivity contribution in [2.75, 3.05) is 6.54 Å². The number of hydrogen-bond acceptors (Lipinski definition) is 1. The van der Waals surface area contributed by atoms with Gasteiger partial charge in [-0.2, -0.15) is 0 Å². The molecule has 1 aromatic carbocycles. The summed E-state index contributed by atoms with van der Waals surface area (Å²) >= 11 is 3.63. The predicted molar refractivity (Wildman–Crippen MR) is 84.7 cm³/mol. The lowest BCUT2D eigenvalue weighted by Crippen LogP contribution is -2.25. The zero-order valence-electron chi connectivity index (χ0n) is 11.6. The number of aryl methyl sites for hydroxylation is 2. The fraction of sp³-hybridized carbons (Fsp3) is 0.500. The van der Waals surface area contributed by atoms with Crippen LogP contribution in [-0.2, 0) is 6.42 Å². The number of aromatic nitrogens is 1. The molecule has 1 atom stereocenters. The van der Waals surface area contributed by atoms with E-state index in [1.165, 1.54) is 57.9 Å². The first-order valence-electron chi connectivity index (χ1n) is 7.24. The molecule has 0 aliphatic heterocycles. The molecule has 19 heavy (non-hydrogen) atoms. The summed E-state index contributed by atoms with van der Waals surface area (Å²) in [5.74, 6) is 0. The van der Waals surface area contributed by atoms with Gasteiger partial charge in [0.1, 0.15) is 0 Å². The van der Waals surface area contributed by atoms with Crippen LogP contribution in [0, 0.1) is 6.92 Å². The second-order valence-electron chi connectivity index (χ2n) is 5.56. The van der Waals surface area contributed by atoms with Crippen LogP contribution in [-0.4, -0.2) is 11.5 Å². The van der Waals surface area contributed by atoms with Gasteiger partial charge in [-0.1, -0.05) is 22.9 Å². The minimum atomic E-state index is 0.520. The van der Waals surface area contributed by atoms with Crippen molar-refractivity contribution in [3.8, 4) is 0 Å². The first-order chi connectivity index (χ1) is 9.20. The average molecular weight is 321 g/mol. The Kier molecular flexibility index (Phi) is 3.68. The lowest BCUT2D eigenvalue weighted by molar-refractivity contribution is 0.461. The zero-order chi connectivity index (χ0) is 13.4. The molecule has 1 aliphatic carbocycles. The molecule has 1 aliphatic rings. The average Bonchev–Trinajstić information content (AvgIpc) is 2.76. The molecular formula is C16H21BrN2. The minimum Gasteiger partial charge on any atom is -0.358 e. The van der Waals surface area contributed by atoms with Crippen LogP contribution >= 0.6 is 15.9 Å². The molecule has 0 amide bonds. The van der Waals surface area contributed by atoms with E-state index in [2.05, 4.69) is 52.2 Å². The normalized spacial score (nSPS) is 18.8. The maximum Gasteiger partial charge on any atom is 0.0490 e. The van der Waals surface area contributed by atoms with Crippen LogP contribution in [0.15, 0.2) is 16.6 Å². The number of H-pyrrole nitrogens is 1. The smallest absolute Gasteiger partial charge is 0.0490 e. The van der Waals surface area contributed by atoms with Gasteiger partial charge >= 0.3 is 0 Å². The Hall–Kier alpha value is -0.800. The van der Waals surface area contributed by atoms with Gasteiger partial charge in [0.2, 0.25) is 0 Å². The summed E-state index contributed by atoms with van der Waals surface area (Å²) in [6.07, 6.45) is 4.91. The highest BCUT2D eigenvalue weighted by Crippen LogP contribution is 2.37. The van der Waals surface area contributed by atoms with Gasteiger partial charge in [-0.25, -0.2) is 0 Å². The third-order valence-electron chi connectivity index (χ3n) is 4.10. The van der Waals surface area contributed by atoms with Crippen molar-refractivity contribution in [1.82, 2.24) is 10.3 Å². The van der Waals surface area contributed by atoms with Crippen LogP contribution in [0.2, 0.25) is 0 Å². The van der Waals surface area contributed by atoms with E-state index in [4.69, 9.17) is 0 Å². The Morgan fingerprint density at radius 2 is 2.26 bits per heavy atom. The monoisotopic (exact) mass is 320 g/mol. The molecule has 3 heteroatoms. The molecular weight excluding hydrogens is 300 g/mol. The molecule has 2 N–H and O–H groups in total. The molecule has 0 saturated carbocycles. The Labute approximate surface area is 123 Å². The fourth-order valence-corrected chi connectivity index (χ4v) is 3.82. The predicted octanol–water partition coefficient (Wildman–Crippen LogP) is 4.62. The summed E-state index contributed by atoms with van der Waals surface area (Å²) in [6, 6.07) is 4.98. The first-order valence-corrected chi connectivity index (χ1v) is 8.04. The van der Waals surface area contributed by atoms with E-state index in [9.17, 15) is 0 Å². The number of rotatable bonds is 3. The van der Waals surface area contributed by atoms with Crippen molar-refractivity contribution >= 4 is 26.8 Å². The van der Waals surface area contributed by atoms with Crippen LogP contribution < -0.4 is 5.32 Å². The largest absolute Gasteiger partial charge is 0.358 e. The maximum absolute atomic E-state index is 3.71. The lowest BCUT2D eigenvalue weighted by atomic mass is 9.90. The second-order valence-corrected chi connectivity index (χ2v) is 6.48. The van der Waals surface area contributed by atoms with Crippen molar-refractivity contribution in [1.29, 1.82) is 0 Å². The van der Waals surface area contributed by atoms with Crippen LogP contribution in [0.4, 0.5) is 0 Å². The summed E-state index contributed by atoms with van der Waals surface area (Å²) in [6.45, 7) is 5.51. The van der Waals surface area contributed by atoms with Crippen LogP contribution in [0.1, 0.15) is 49.0 Å². The van der Waals surface area contributed by atoms with Gasteiger partial charge in [-0.05, 0) is 62.4 Å². The Bertz CT molecular complexity index is 600. The lowest BCUT2D eigenvalue weighted by Gasteiger charge is -2.24. The number of nitrogens with one attached hydrogen (secondary N) is 2. The molecule has 0 saturated heterocycles. The molecule has 2 nitrogen and oxygen atoms in total. The van der Waals surface area contributed by atoms with E-state index in [1.54, 1.807) is 0 Å². The first kappa shape index (κ1) is 13.2. The van der Waals surface area contributed by atoms with E-state index in [1.807, 2.05) is 0 Å². The van der Waals surface area contributed by atoms with E-state index in [0.717, 1.165) is 6.54 Å². The van der Waals surface area contributed by atoms with Gasteiger partial charge < -0.3 is 10.3 Å². The third kappa shape index (κ3) is 2.34. The zero-order valence-corrected chi connectivity index (χ0v) is 13.2. The van der Waals surface area contributed by atoms with Gasteiger partial charge in [0.05, 0.1) is 0 Å². The molecule has 0 radical (unpaired) electrons. The summed E-state index contributed by atoms with van der Waals surface area (Å²) in [5, 5.41) is 5.11. The topological polar surface area (TPSA) is 27.8 Å². The van der Waals surface area contributed by atoms with E-state index in [0.29, 0.717) is 6.04 Å². The molecule has 3 rings (SSSR count). The van der Waals surface area contributed by atoms with Crippen LogP contribution in [0.25, 0.3) is 10.9 Å². The van der Waals surface area contributed by atoms with Crippen molar-refractivity contribution in [3.05, 3.63) is 33.4 Å². The van der Waals surface area contributed by atoms with Gasteiger partial charge in [-0.15, -0.1) is 0 Å². The van der Waals surface area contributed by atoms with Gasteiger partial charge in [0.25, 0.3) is 0 Å². The standard InChI is InChI=1S/C16H21BrN2/c1-3-7-18-13-5-4-6-14-15(13)12-9-11(17)8-10(2)16(12)19-14/h8-9,13,18-19H,3-7H2,1-2H3. The van der Waals surface area contributed by atoms with E-state index >= 15 is 0 Å². The minimum absolute atomic E-state index is 0.520. The fourth-order valence-electron chi connectivity index (χ4n) is 3.25. The number of aromatic amines is 1. The Morgan fingerprint density at radius 1 is 1.42 bits per heavy atom.